The van der Waals surface area contributed by atoms with Crippen molar-refractivity contribution in [2.24, 2.45) is 11.8 Å². The van der Waals surface area contributed by atoms with Crippen molar-refractivity contribution in [3.63, 3.8) is 0 Å². The SMILES string of the molecule is CC.CC(C)C(=O)C1CCCCC1.CCCNC(=O)CCCC(=O)NC.[HH].[HH]. The van der Waals surface area contributed by atoms with E-state index >= 15 is 0 Å². The molecule has 0 radical (unpaired) electrons. The lowest BCUT2D eigenvalue weighted by Crippen LogP contribution is -2.24. The fourth-order valence-corrected chi connectivity index (χ4v) is 2.75. The summed E-state index contributed by atoms with van der Waals surface area (Å²) in [5.41, 5.74) is 0. The highest BCUT2D eigenvalue weighted by molar-refractivity contribution is 5.82. The Morgan fingerprint density at radius 1 is 1.00 bits per heavy atom. The van der Waals surface area contributed by atoms with Crippen LogP contribution in [0.4, 0.5) is 0 Å². The largest absolute Gasteiger partial charge is 0.359 e. The minimum Gasteiger partial charge on any atom is -0.359 e. The quantitative estimate of drug-likeness (QED) is 0.644. The van der Waals surface area contributed by atoms with E-state index in [4.69, 9.17) is 0 Å². The molecule has 26 heavy (non-hydrogen) atoms. The van der Waals surface area contributed by atoms with Gasteiger partial charge < -0.3 is 10.6 Å². The van der Waals surface area contributed by atoms with E-state index in [-0.39, 0.29) is 20.6 Å². The van der Waals surface area contributed by atoms with E-state index in [0.717, 1.165) is 25.8 Å². The van der Waals surface area contributed by atoms with Crippen molar-refractivity contribution >= 4 is 17.6 Å². The first-order valence-corrected chi connectivity index (χ1v) is 10.4. The summed E-state index contributed by atoms with van der Waals surface area (Å²) in [6.45, 7) is 10.7. The standard InChI is InChI=1S/C10H18O.C9H18N2O2.C2H6.2H2/c1-8(2)10(11)9-6-4-3-5-7-9;1-3-7-11-9(13)6-4-5-8(12)10-2;1-2;;/h8-9H,3-7H2,1-2H3;3-7H2,1-2H3,(H,10,12)(H,11,13);1-2H3;2*1H. The topological polar surface area (TPSA) is 75.3 Å². The van der Waals surface area contributed by atoms with E-state index in [1.165, 1.54) is 19.3 Å². The average molecular weight is 375 g/mol. The van der Waals surface area contributed by atoms with Gasteiger partial charge in [-0.3, -0.25) is 14.4 Å². The first-order chi connectivity index (χ1) is 12.4. The van der Waals surface area contributed by atoms with Crippen molar-refractivity contribution < 1.29 is 17.2 Å². The lowest BCUT2D eigenvalue weighted by atomic mass is 9.83. The molecule has 5 heteroatoms. The van der Waals surface area contributed by atoms with E-state index in [9.17, 15) is 14.4 Å². The number of Topliss-reactive ketones (excluding diaryl/α,β-unsaturated/α-hetero) is 1. The van der Waals surface area contributed by atoms with E-state index in [2.05, 4.69) is 10.6 Å². The number of carbonyl (C=O) groups excluding carboxylic acids is 3. The van der Waals surface area contributed by atoms with E-state index in [1.54, 1.807) is 7.05 Å². The number of ketones is 1. The van der Waals surface area contributed by atoms with Gasteiger partial charge in [0.1, 0.15) is 5.78 Å². The van der Waals surface area contributed by atoms with Crippen LogP contribution in [0.15, 0.2) is 0 Å². The third-order valence-electron chi connectivity index (χ3n) is 4.24. The molecule has 5 nitrogen and oxygen atoms in total. The van der Waals surface area contributed by atoms with Crippen LogP contribution in [-0.4, -0.2) is 31.2 Å². The molecule has 1 aliphatic carbocycles. The second-order valence-electron chi connectivity index (χ2n) is 6.77. The normalized spacial score (nSPS) is 13.7. The highest BCUT2D eigenvalue weighted by Gasteiger charge is 2.22. The monoisotopic (exact) mass is 374 g/mol. The molecule has 2 amide bonds. The van der Waals surface area contributed by atoms with Crippen LogP contribution in [0.2, 0.25) is 0 Å². The molecule has 158 valence electrons. The summed E-state index contributed by atoms with van der Waals surface area (Å²) in [7, 11) is 1.60. The van der Waals surface area contributed by atoms with Gasteiger partial charge in [-0.25, -0.2) is 0 Å². The molecule has 0 aromatic heterocycles. The molecule has 0 aromatic carbocycles. The second-order valence-corrected chi connectivity index (χ2v) is 6.77. The minimum absolute atomic E-state index is 0. The Bertz CT molecular complexity index is 386. The Labute approximate surface area is 164 Å². The Morgan fingerprint density at radius 2 is 1.54 bits per heavy atom. The van der Waals surface area contributed by atoms with Crippen molar-refractivity contribution in [1.29, 1.82) is 0 Å². The summed E-state index contributed by atoms with van der Waals surface area (Å²) in [5, 5.41) is 5.26. The van der Waals surface area contributed by atoms with Crippen molar-refractivity contribution in [2.75, 3.05) is 13.6 Å². The summed E-state index contributed by atoms with van der Waals surface area (Å²) in [5.74, 6) is 1.17. The van der Waals surface area contributed by atoms with Crippen LogP contribution in [0.1, 0.15) is 95.3 Å². The van der Waals surface area contributed by atoms with Gasteiger partial charge in [-0.2, -0.15) is 0 Å². The molecule has 0 aliphatic heterocycles. The maximum Gasteiger partial charge on any atom is 0.220 e. The fourth-order valence-electron chi connectivity index (χ4n) is 2.75. The number of amides is 2. The highest BCUT2D eigenvalue weighted by atomic mass is 16.2. The van der Waals surface area contributed by atoms with Gasteiger partial charge in [-0.15, -0.1) is 0 Å². The van der Waals surface area contributed by atoms with Crippen LogP contribution in [0, 0.1) is 11.8 Å². The minimum atomic E-state index is -0.0108. The summed E-state index contributed by atoms with van der Waals surface area (Å²) in [6, 6.07) is 0. The molecule has 0 spiro atoms. The molecule has 0 heterocycles. The predicted octanol–water partition coefficient (Wildman–Crippen LogP) is 4.74. The van der Waals surface area contributed by atoms with Crippen molar-refractivity contribution in [3.8, 4) is 0 Å². The number of rotatable bonds is 8. The molecule has 0 unspecified atom stereocenters. The third kappa shape index (κ3) is 14.9. The molecule has 1 saturated carbocycles. The van der Waals surface area contributed by atoms with Crippen molar-refractivity contribution in [1.82, 2.24) is 10.6 Å². The van der Waals surface area contributed by atoms with Gasteiger partial charge in [-0.05, 0) is 25.7 Å². The smallest absolute Gasteiger partial charge is 0.220 e. The third-order valence-corrected chi connectivity index (χ3v) is 4.24. The van der Waals surface area contributed by atoms with E-state index < -0.39 is 0 Å². The van der Waals surface area contributed by atoms with Gasteiger partial charge in [0.15, 0.2) is 0 Å². The zero-order chi connectivity index (χ0) is 20.4. The van der Waals surface area contributed by atoms with Crippen molar-refractivity contribution in [3.05, 3.63) is 0 Å². The Balaban J connectivity index is -0.000000178. The Kier molecular flexibility index (Phi) is 19.0. The molecule has 2 N–H and O–H groups in total. The van der Waals surface area contributed by atoms with Gasteiger partial charge in [0, 0.05) is 41.1 Å². The first kappa shape index (κ1) is 26.8. The van der Waals surface area contributed by atoms with Gasteiger partial charge >= 0.3 is 0 Å². The Morgan fingerprint density at radius 3 is 2.00 bits per heavy atom. The average Bonchev–Trinajstić information content (AvgIpc) is 2.68. The summed E-state index contributed by atoms with van der Waals surface area (Å²) in [6.07, 6.45) is 8.60. The number of nitrogens with one attached hydrogen (secondary N) is 2. The second kappa shape index (κ2) is 18.4. The first-order valence-electron chi connectivity index (χ1n) is 10.4. The molecule has 0 saturated heterocycles. The molecule has 1 fully saturated rings. The lowest BCUT2D eigenvalue weighted by molar-refractivity contribution is -0.127. The summed E-state index contributed by atoms with van der Waals surface area (Å²) in [4.78, 5) is 33.3. The molecule has 1 rings (SSSR count). The summed E-state index contributed by atoms with van der Waals surface area (Å²) < 4.78 is 0. The summed E-state index contributed by atoms with van der Waals surface area (Å²) >= 11 is 0. The van der Waals surface area contributed by atoms with Gasteiger partial charge in [-0.1, -0.05) is 53.9 Å². The lowest BCUT2D eigenvalue weighted by Gasteiger charge is -2.21. The molecule has 0 aromatic rings. The Hall–Kier alpha value is -1.39. The predicted molar refractivity (Wildman–Crippen MR) is 113 cm³/mol. The number of carbonyl (C=O) groups is 3. The molecular formula is C21H46N2O3. The van der Waals surface area contributed by atoms with Crippen LogP contribution >= 0.6 is 0 Å². The molecule has 1 aliphatic rings. The van der Waals surface area contributed by atoms with Crippen LogP contribution in [0.5, 0.6) is 0 Å². The van der Waals surface area contributed by atoms with Gasteiger partial charge in [0.05, 0.1) is 0 Å². The highest BCUT2D eigenvalue weighted by Crippen LogP contribution is 2.26. The van der Waals surface area contributed by atoms with Gasteiger partial charge in [0.25, 0.3) is 0 Å². The van der Waals surface area contributed by atoms with Gasteiger partial charge in [0.2, 0.25) is 11.8 Å². The maximum atomic E-state index is 11.5. The van der Waals surface area contributed by atoms with E-state index in [0.29, 0.717) is 31.0 Å². The van der Waals surface area contributed by atoms with Crippen LogP contribution in [0.25, 0.3) is 0 Å². The molecule has 0 atom stereocenters. The number of hydrogen-bond donors (Lipinski definition) is 2. The van der Waals surface area contributed by atoms with Crippen LogP contribution in [-0.2, 0) is 14.4 Å². The number of hydrogen-bond acceptors (Lipinski definition) is 3. The van der Waals surface area contributed by atoms with Crippen molar-refractivity contribution in [2.45, 2.75) is 92.4 Å². The molecular weight excluding hydrogens is 328 g/mol. The zero-order valence-corrected chi connectivity index (χ0v) is 18.0. The van der Waals surface area contributed by atoms with Crippen LogP contribution < -0.4 is 10.6 Å². The fraction of sp³-hybridized carbons (Fsp3) is 0.857. The maximum absolute atomic E-state index is 11.5. The van der Waals surface area contributed by atoms with Crippen LogP contribution in [0.3, 0.4) is 0 Å². The molecule has 0 bridgehead atoms. The van der Waals surface area contributed by atoms with E-state index in [1.807, 2.05) is 34.6 Å². The zero-order valence-electron chi connectivity index (χ0n) is 18.0.